The summed E-state index contributed by atoms with van der Waals surface area (Å²) in [5.74, 6) is -0.187. The smallest absolute Gasteiger partial charge is 0.350 e. The molecule has 0 aliphatic heterocycles. The molecule has 0 bridgehead atoms. The van der Waals surface area contributed by atoms with E-state index in [4.69, 9.17) is 9.47 Å². The quantitative estimate of drug-likeness (QED) is 0.313. The van der Waals surface area contributed by atoms with Crippen LogP contribution in [0.4, 0.5) is 10.8 Å². The zero-order chi connectivity index (χ0) is 20.0. The Hall–Kier alpha value is -3.21. The van der Waals surface area contributed by atoms with Crippen LogP contribution in [0.2, 0.25) is 0 Å². The Morgan fingerprint density at radius 1 is 1.44 bits per heavy atom. The number of nitrogens with one attached hydrogen (secondary N) is 1. The lowest BCUT2D eigenvalue weighted by Crippen LogP contribution is -2.01. The highest BCUT2D eigenvalue weighted by Crippen LogP contribution is 2.37. The molecule has 11 heteroatoms. The number of nitro groups is 1. The molecule has 0 aliphatic rings. The number of thiazole rings is 1. The van der Waals surface area contributed by atoms with Gasteiger partial charge < -0.3 is 14.2 Å². The summed E-state index contributed by atoms with van der Waals surface area (Å²) >= 11 is 1.09. The number of carbonyl (C=O) groups excluding carboxylic acids is 1. The van der Waals surface area contributed by atoms with E-state index in [0.29, 0.717) is 27.9 Å². The molecule has 0 amide bonds. The average molecular weight is 394 g/mol. The van der Waals surface area contributed by atoms with Gasteiger partial charge >= 0.3 is 11.7 Å². The molecule has 0 atom stereocenters. The van der Waals surface area contributed by atoms with Gasteiger partial charge in [0.15, 0.2) is 5.75 Å². The van der Waals surface area contributed by atoms with E-state index in [9.17, 15) is 14.9 Å². The number of nitrogens with zero attached hydrogens (tertiary/aromatic N) is 3. The van der Waals surface area contributed by atoms with Crippen molar-refractivity contribution in [3.8, 4) is 11.5 Å². The number of esters is 1. The summed E-state index contributed by atoms with van der Waals surface area (Å²) in [7, 11) is 2.63. The molecule has 0 radical (unpaired) electrons. The molecule has 0 unspecified atom stereocenters. The van der Waals surface area contributed by atoms with Crippen molar-refractivity contribution in [2.45, 2.75) is 13.8 Å². The Balaban J connectivity index is 2.26. The Labute approximate surface area is 158 Å². The number of hydrogen-bond donors (Lipinski definition) is 1. The Kier molecular flexibility index (Phi) is 6.66. The number of aromatic nitrogens is 1. The molecule has 1 heterocycles. The van der Waals surface area contributed by atoms with Gasteiger partial charge in [-0.1, -0.05) is 11.3 Å². The minimum Gasteiger partial charge on any atom is -0.490 e. The van der Waals surface area contributed by atoms with Crippen LogP contribution in [0.3, 0.4) is 0 Å². The second kappa shape index (κ2) is 8.94. The summed E-state index contributed by atoms with van der Waals surface area (Å²) in [5, 5.41) is 15.7. The van der Waals surface area contributed by atoms with Gasteiger partial charge in [0.05, 0.1) is 37.7 Å². The normalized spacial score (nSPS) is 10.7. The van der Waals surface area contributed by atoms with Crippen molar-refractivity contribution in [2.75, 3.05) is 26.3 Å². The van der Waals surface area contributed by atoms with E-state index in [-0.39, 0.29) is 17.2 Å². The van der Waals surface area contributed by atoms with Gasteiger partial charge in [0, 0.05) is 11.6 Å². The molecule has 2 rings (SSSR count). The van der Waals surface area contributed by atoms with Crippen LogP contribution in [0.25, 0.3) is 0 Å². The highest BCUT2D eigenvalue weighted by molar-refractivity contribution is 7.17. The standard InChI is InChI=1S/C16H18N4O6S/c1-5-26-12-7-10(6-11(20(22)23)13(12)24-3)8-17-19-16-18-9(2)14(27-16)15(21)25-4/h6-8H,5H2,1-4H3,(H,18,19)/b17-8-. The van der Waals surface area contributed by atoms with E-state index in [2.05, 4.69) is 20.2 Å². The Morgan fingerprint density at radius 3 is 2.78 bits per heavy atom. The van der Waals surface area contributed by atoms with Crippen molar-refractivity contribution in [1.29, 1.82) is 0 Å². The van der Waals surface area contributed by atoms with Gasteiger partial charge in [0.25, 0.3) is 0 Å². The molecule has 0 spiro atoms. The first-order chi connectivity index (χ1) is 12.9. The van der Waals surface area contributed by atoms with Gasteiger partial charge in [-0.3, -0.25) is 15.5 Å². The zero-order valence-corrected chi connectivity index (χ0v) is 16.0. The third-order valence-corrected chi connectivity index (χ3v) is 4.34. The van der Waals surface area contributed by atoms with Crippen LogP contribution in [-0.4, -0.2) is 42.9 Å². The molecule has 0 saturated heterocycles. The molecule has 0 aliphatic carbocycles. The lowest BCUT2D eigenvalue weighted by Gasteiger charge is -2.10. The van der Waals surface area contributed by atoms with Crippen molar-refractivity contribution in [1.82, 2.24) is 4.98 Å². The lowest BCUT2D eigenvalue weighted by atomic mass is 10.2. The Bertz CT molecular complexity index is 880. The molecule has 27 heavy (non-hydrogen) atoms. The highest BCUT2D eigenvalue weighted by Gasteiger charge is 2.21. The molecule has 2 aromatic rings. The van der Waals surface area contributed by atoms with E-state index in [0.717, 1.165) is 11.3 Å². The molecule has 1 aromatic carbocycles. The van der Waals surface area contributed by atoms with Gasteiger partial charge in [-0.25, -0.2) is 9.78 Å². The van der Waals surface area contributed by atoms with Gasteiger partial charge in [0.2, 0.25) is 10.9 Å². The van der Waals surface area contributed by atoms with Gasteiger partial charge in [-0.15, -0.1) is 0 Å². The lowest BCUT2D eigenvalue weighted by molar-refractivity contribution is -0.385. The summed E-state index contributed by atoms with van der Waals surface area (Å²) < 4.78 is 15.2. The summed E-state index contributed by atoms with van der Waals surface area (Å²) in [4.78, 5) is 26.9. The van der Waals surface area contributed by atoms with E-state index in [1.54, 1.807) is 19.9 Å². The van der Waals surface area contributed by atoms with Crippen LogP contribution in [-0.2, 0) is 4.74 Å². The predicted molar refractivity (Wildman–Crippen MR) is 100 cm³/mol. The summed E-state index contributed by atoms with van der Waals surface area (Å²) in [5.41, 5.74) is 3.40. The second-order valence-electron chi connectivity index (χ2n) is 5.06. The number of aryl methyl sites for hydroxylation is 1. The fraction of sp³-hybridized carbons (Fsp3) is 0.312. The summed E-state index contributed by atoms with van der Waals surface area (Å²) in [6, 6.07) is 2.90. The number of benzene rings is 1. The van der Waals surface area contributed by atoms with Gasteiger partial charge in [-0.2, -0.15) is 5.10 Å². The number of ether oxygens (including phenoxy) is 3. The molecule has 0 saturated carbocycles. The first kappa shape index (κ1) is 20.1. The van der Waals surface area contributed by atoms with E-state index in [1.165, 1.54) is 26.5 Å². The molecular formula is C16H18N4O6S. The monoisotopic (exact) mass is 394 g/mol. The van der Waals surface area contributed by atoms with Crippen LogP contribution < -0.4 is 14.9 Å². The minimum absolute atomic E-state index is 0.0465. The SMILES string of the molecule is CCOc1cc(/C=N\Nc2nc(C)c(C(=O)OC)s2)cc([N+](=O)[O-])c1OC. The van der Waals surface area contributed by atoms with Crippen molar-refractivity contribution >= 4 is 34.3 Å². The van der Waals surface area contributed by atoms with Crippen LogP contribution >= 0.6 is 11.3 Å². The zero-order valence-electron chi connectivity index (χ0n) is 15.1. The maximum atomic E-state index is 11.6. The second-order valence-corrected chi connectivity index (χ2v) is 6.06. The molecular weight excluding hydrogens is 376 g/mol. The summed E-state index contributed by atoms with van der Waals surface area (Å²) in [6.07, 6.45) is 1.38. The van der Waals surface area contributed by atoms with Crippen LogP contribution in [0.15, 0.2) is 17.2 Å². The number of hydrogen-bond acceptors (Lipinski definition) is 10. The van der Waals surface area contributed by atoms with E-state index < -0.39 is 10.9 Å². The van der Waals surface area contributed by atoms with Crippen molar-refractivity contribution in [3.05, 3.63) is 38.4 Å². The maximum Gasteiger partial charge on any atom is 0.350 e. The van der Waals surface area contributed by atoms with E-state index in [1.807, 2.05) is 0 Å². The number of hydrazone groups is 1. The summed E-state index contributed by atoms with van der Waals surface area (Å²) in [6.45, 7) is 3.76. The number of methoxy groups -OCH3 is 2. The molecule has 0 fully saturated rings. The van der Waals surface area contributed by atoms with Crippen molar-refractivity contribution in [2.24, 2.45) is 5.10 Å². The van der Waals surface area contributed by atoms with Gasteiger partial charge in [-0.05, 0) is 19.9 Å². The fourth-order valence-electron chi connectivity index (χ4n) is 2.17. The maximum absolute atomic E-state index is 11.6. The molecule has 144 valence electrons. The molecule has 1 N–H and O–H groups in total. The molecule has 10 nitrogen and oxygen atoms in total. The Morgan fingerprint density at radius 2 is 2.19 bits per heavy atom. The topological polar surface area (TPSA) is 125 Å². The van der Waals surface area contributed by atoms with Crippen molar-refractivity contribution < 1.29 is 23.9 Å². The number of anilines is 1. The number of rotatable bonds is 8. The first-order valence-electron chi connectivity index (χ1n) is 7.75. The largest absolute Gasteiger partial charge is 0.490 e. The van der Waals surface area contributed by atoms with Crippen LogP contribution in [0.5, 0.6) is 11.5 Å². The number of carbonyl (C=O) groups is 1. The van der Waals surface area contributed by atoms with Crippen LogP contribution in [0.1, 0.15) is 27.9 Å². The van der Waals surface area contributed by atoms with E-state index >= 15 is 0 Å². The van der Waals surface area contributed by atoms with Gasteiger partial charge in [0.1, 0.15) is 4.88 Å². The predicted octanol–water partition coefficient (Wildman–Crippen LogP) is 3.00. The number of nitro benzene ring substituents is 1. The minimum atomic E-state index is -0.557. The highest BCUT2D eigenvalue weighted by atomic mass is 32.1. The van der Waals surface area contributed by atoms with Crippen molar-refractivity contribution in [3.63, 3.8) is 0 Å². The first-order valence-corrected chi connectivity index (χ1v) is 8.56. The van der Waals surface area contributed by atoms with Crippen LogP contribution in [0, 0.1) is 17.0 Å². The fourth-order valence-corrected chi connectivity index (χ4v) is 3.01. The third kappa shape index (κ3) is 4.70. The molecule has 1 aromatic heterocycles. The average Bonchev–Trinajstić information content (AvgIpc) is 3.01. The third-order valence-electron chi connectivity index (χ3n) is 3.30.